The molecule has 3 rings (SSSR count). The molecule has 0 unspecified atom stereocenters. The number of para-hydroxylation sites is 1. The van der Waals surface area contributed by atoms with Gasteiger partial charge in [-0.2, -0.15) is 0 Å². The normalized spacial score (nSPS) is 14.4. The van der Waals surface area contributed by atoms with Gasteiger partial charge < -0.3 is 4.84 Å². The van der Waals surface area contributed by atoms with E-state index in [0.29, 0.717) is 0 Å². The zero-order valence-electron chi connectivity index (χ0n) is 9.21. The Bertz CT molecular complexity index is 522. The van der Waals surface area contributed by atoms with Crippen molar-refractivity contribution in [1.82, 2.24) is 5.59 Å². The molecule has 1 aliphatic rings. The van der Waals surface area contributed by atoms with Crippen LogP contribution in [0.25, 0.3) is 5.70 Å². The van der Waals surface area contributed by atoms with E-state index >= 15 is 0 Å². The van der Waals surface area contributed by atoms with Crippen LogP contribution in [0, 0.1) is 0 Å². The number of nitrogens with zero attached hydrogens (tertiary/aromatic N) is 1. The molecule has 3 heteroatoms. The van der Waals surface area contributed by atoms with Gasteiger partial charge in [0, 0.05) is 5.56 Å². The topological polar surface area (TPSA) is 24.5 Å². The fourth-order valence-electron chi connectivity index (χ4n) is 1.81. The highest BCUT2D eigenvalue weighted by atomic mass is 16.7. The summed E-state index contributed by atoms with van der Waals surface area (Å²) in [5.74, 6) is 0. The Hall–Kier alpha value is -2.26. The van der Waals surface area contributed by atoms with Crippen LogP contribution in [0.4, 0.5) is 5.69 Å². The molecule has 3 nitrogen and oxygen atoms in total. The molecule has 84 valence electrons. The van der Waals surface area contributed by atoms with Gasteiger partial charge in [-0.3, -0.25) is 0 Å². The van der Waals surface area contributed by atoms with Crippen molar-refractivity contribution in [2.24, 2.45) is 0 Å². The average molecular weight is 224 g/mol. The fourth-order valence-corrected chi connectivity index (χ4v) is 1.81. The molecule has 0 bridgehead atoms. The highest BCUT2D eigenvalue weighted by Crippen LogP contribution is 2.26. The molecule has 1 heterocycles. The second-order valence-corrected chi connectivity index (χ2v) is 3.75. The lowest BCUT2D eigenvalue weighted by Gasteiger charge is -2.19. The van der Waals surface area contributed by atoms with E-state index in [2.05, 4.69) is 17.7 Å². The summed E-state index contributed by atoms with van der Waals surface area (Å²) in [7, 11) is 0. The Kier molecular flexibility index (Phi) is 2.52. The van der Waals surface area contributed by atoms with Crippen LogP contribution in [-0.2, 0) is 4.84 Å². The number of nitrogens with one attached hydrogen (secondary N) is 1. The van der Waals surface area contributed by atoms with Crippen LogP contribution >= 0.6 is 0 Å². The quantitative estimate of drug-likeness (QED) is 0.848. The Morgan fingerprint density at radius 1 is 0.824 bits per heavy atom. The zero-order valence-corrected chi connectivity index (χ0v) is 9.21. The molecule has 0 aliphatic carbocycles. The molecule has 1 N–H and O–H groups in total. The molecule has 0 radical (unpaired) electrons. The lowest BCUT2D eigenvalue weighted by atomic mass is 10.1. The Morgan fingerprint density at radius 3 is 2.18 bits per heavy atom. The summed E-state index contributed by atoms with van der Waals surface area (Å²) >= 11 is 0. The van der Waals surface area contributed by atoms with E-state index in [1.54, 1.807) is 6.26 Å². The van der Waals surface area contributed by atoms with E-state index in [9.17, 15) is 0 Å². The number of rotatable bonds is 2. The average Bonchev–Trinajstić information content (AvgIpc) is 2.90. The molecule has 1 aliphatic heterocycles. The van der Waals surface area contributed by atoms with Crippen molar-refractivity contribution in [3.05, 3.63) is 72.5 Å². The highest BCUT2D eigenvalue weighted by molar-refractivity contribution is 5.78. The largest absolute Gasteiger partial charge is 0.394 e. The minimum absolute atomic E-state index is 0.997. The molecule has 2 aromatic carbocycles. The molecule has 2 aromatic rings. The third-order valence-electron chi connectivity index (χ3n) is 2.64. The van der Waals surface area contributed by atoms with E-state index in [1.165, 1.54) is 0 Å². The minimum Gasteiger partial charge on any atom is -0.394 e. The van der Waals surface area contributed by atoms with Gasteiger partial charge in [-0.05, 0) is 12.1 Å². The van der Waals surface area contributed by atoms with Crippen molar-refractivity contribution in [3.63, 3.8) is 0 Å². The van der Waals surface area contributed by atoms with Crippen molar-refractivity contribution >= 4 is 11.4 Å². The lowest BCUT2D eigenvalue weighted by molar-refractivity contribution is 0.159. The molecule has 17 heavy (non-hydrogen) atoms. The van der Waals surface area contributed by atoms with Crippen molar-refractivity contribution in [2.45, 2.75) is 0 Å². The third-order valence-corrected chi connectivity index (χ3v) is 2.64. The predicted molar refractivity (Wildman–Crippen MR) is 67.6 cm³/mol. The van der Waals surface area contributed by atoms with Crippen molar-refractivity contribution in [3.8, 4) is 0 Å². The maximum absolute atomic E-state index is 5.19. The number of hydrogen-bond acceptors (Lipinski definition) is 3. The van der Waals surface area contributed by atoms with Crippen LogP contribution in [0.3, 0.4) is 0 Å². The number of anilines is 1. The maximum atomic E-state index is 5.19. The van der Waals surface area contributed by atoms with Gasteiger partial charge in [0.25, 0.3) is 0 Å². The van der Waals surface area contributed by atoms with Crippen LogP contribution in [-0.4, -0.2) is 0 Å². The van der Waals surface area contributed by atoms with E-state index in [-0.39, 0.29) is 0 Å². The maximum Gasteiger partial charge on any atom is 0.139 e. The summed E-state index contributed by atoms with van der Waals surface area (Å²) in [6.07, 6.45) is 1.71. The van der Waals surface area contributed by atoms with E-state index < -0.39 is 0 Å². The first kappa shape index (κ1) is 9.93. The van der Waals surface area contributed by atoms with Gasteiger partial charge >= 0.3 is 0 Å². The molecular weight excluding hydrogens is 212 g/mol. The standard InChI is InChI=1S/C14H12N2O/c1-3-7-12(8-4-1)14-11-17-15-16(14)13-9-5-2-6-10-13/h1-11,15H. The van der Waals surface area contributed by atoms with Gasteiger partial charge in [0.2, 0.25) is 0 Å². The van der Waals surface area contributed by atoms with Gasteiger partial charge in [0.1, 0.15) is 12.0 Å². The minimum atomic E-state index is 0.997. The monoisotopic (exact) mass is 224 g/mol. The van der Waals surface area contributed by atoms with E-state index in [4.69, 9.17) is 4.84 Å². The number of hydrazine groups is 1. The van der Waals surface area contributed by atoms with Crippen LogP contribution in [0.2, 0.25) is 0 Å². The second-order valence-electron chi connectivity index (χ2n) is 3.75. The van der Waals surface area contributed by atoms with Gasteiger partial charge in [0.15, 0.2) is 0 Å². The van der Waals surface area contributed by atoms with Gasteiger partial charge in [0.05, 0.1) is 5.69 Å². The third kappa shape index (κ3) is 1.88. The van der Waals surface area contributed by atoms with Crippen molar-refractivity contribution in [1.29, 1.82) is 0 Å². The Morgan fingerprint density at radius 2 is 1.47 bits per heavy atom. The summed E-state index contributed by atoms with van der Waals surface area (Å²) in [6.45, 7) is 0. The molecule has 0 amide bonds. The SMILES string of the molecule is C1=C(c2ccccc2)N(c2ccccc2)NO1. The Balaban J connectivity index is 1.96. The first-order chi connectivity index (χ1) is 8.45. The Labute approximate surface area is 99.9 Å². The fraction of sp³-hybridized carbons (Fsp3) is 0. The second kappa shape index (κ2) is 4.31. The summed E-state index contributed by atoms with van der Waals surface area (Å²) in [6, 6.07) is 20.2. The predicted octanol–water partition coefficient (Wildman–Crippen LogP) is 2.94. The van der Waals surface area contributed by atoms with E-state index in [0.717, 1.165) is 16.9 Å². The molecule has 0 saturated heterocycles. The molecule has 0 saturated carbocycles. The summed E-state index contributed by atoms with van der Waals surface area (Å²) < 4.78 is 0. The number of hydrogen-bond donors (Lipinski definition) is 1. The molecule has 0 fully saturated rings. The summed E-state index contributed by atoms with van der Waals surface area (Å²) in [5.41, 5.74) is 6.01. The van der Waals surface area contributed by atoms with Gasteiger partial charge in [-0.1, -0.05) is 54.1 Å². The van der Waals surface area contributed by atoms with Gasteiger partial charge in [-0.15, -0.1) is 0 Å². The van der Waals surface area contributed by atoms with E-state index in [1.807, 2.05) is 53.5 Å². The van der Waals surface area contributed by atoms with Crippen molar-refractivity contribution in [2.75, 3.05) is 5.01 Å². The molecule has 0 atom stereocenters. The smallest absolute Gasteiger partial charge is 0.139 e. The lowest BCUT2D eigenvalue weighted by Crippen LogP contribution is -2.29. The van der Waals surface area contributed by atoms with Crippen LogP contribution in [0.5, 0.6) is 0 Å². The molecule has 0 spiro atoms. The zero-order chi connectivity index (χ0) is 11.5. The summed E-state index contributed by atoms with van der Waals surface area (Å²) in [5, 5.41) is 1.91. The van der Waals surface area contributed by atoms with Crippen LogP contribution in [0.1, 0.15) is 5.56 Å². The number of benzene rings is 2. The highest BCUT2D eigenvalue weighted by Gasteiger charge is 2.19. The van der Waals surface area contributed by atoms with Crippen LogP contribution in [0.15, 0.2) is 66.9 Å². The summed E-state index contributed by atoms with van der Waals surface area (Å²) in [4.78, 5) is 5.19. The first-order valence-electron chi connectivity index (χ1n) is 5.47. The molecular formula is C14H12N2O. The van der Waals surface area contributed by atoms with Crippen LogP contribution < -0.4 is 10.6 Å². The van der Waals surface area contributed by atoms with Crippen molar-refractivity contribution < 1.29 is 4.84 Å². The molecule has 0 aromatic heterocycles. The van der Waals surface area contributed by atoms with Gasteiger partial charge in [-0.25, -0.2) is 5.01 Å². The first-order valence-corrected chi connectivity index (χ1v) is 5.47.